The van der Waals surface area contributed by atoms with Crippen molar-refractivity contribution in [2.24, 2.45) is 7.05 Å². The molecule has 1 aliphatic rings. The predicted molar refractivity (Wildman–Crippen MR) is 120 cm³/mol. The van der Waals surface area contributed by atoms with Crippen molar-refractivity contribution in [1.29, 1.82) is 0 Å². The molecular formula is C24H23N5O2. The first-order valence-corrected chi connectivity index (χ1v) is 10.3. The number of carbonyl (C=O) groups is 2. The molecule has 0 saturated heterocycles. The summed E-state index contributed by atoms with van der Waals surface area (Å²) in [7, 11) is 1.94. The number of fused-ring (bicyclic) bond motifs is 1. The third kappa shape index (κ3) is 3.38. The molecule has 2 aromatic carbocycles. The Balaban J connectivity index is 1.50. The topological polar surface area (TPSA) is 94.9 Å². The molecule has 31 heavy (non-hydrogen) atoms. The molecule has 1 aliphatic carbocycles. The van der Waals surface area contributed by atoms with Crippen molar-refractivity contribution in [3.8, 4) is 5.69 Å². The van der Waals surface area contributed by atoms with Crippen LogP contribution in [-0.2, 0) is 7.05 Å². The molecule has 1 fully saturated rings. The molecule has 1 saturated carbocycles. The summed E-state index contributed by atoms with van der Waals surface area (Å²) in [6, 6.07) is 13.3. The van der Waals surface area contributed by atoms with Crippen molar-refractivity contribution in [2.75, 3.05) is 5.73 Å². The summed E-state index contributed by atoms with van der Waals surface area (Å²) < 4.78 is 3.50. The zero-order valence-electron chi connectivity index (χ0n) is 17.4. The molecule has 0 atom stereocenters. The number of hydrogen-bond acceptors (Lipinski definition) is 4. The fraction of sp³-hybridized carbons (Fsp3) is 0.208. The number of nitrogen functional groups attached to an aromatic ring is 1. The Hall–Kier alpha value is -3.87. The minimum atomic E-state index is -0.188. The Morgan fingerprint density at radius 2 is 1.87 bits per heavy atom. The number of benzene rings is 2. The average molecular weight is 413 g/mol. The van der Waals surface area contributed by atoms with Gasteiger partial charge in [-0.15, -0.1) is 0 Å². The van der Waals surface area contributed by atoms with Crippen LogP contribution < -0.4 is 11.1 Å². The monoisotopic (exact) mass is 413 g/mol. The van der Waals surface area contributed by atoms with Gasteiger partial charge in [0.25, 0.3) is 5.91 Å². The van der Waals surface area contributed by atoms with Crippen molar-refractivity contribution in [3.63, 3.8) is 0 Å². The minimum absolute atomic E-state index is 0.110. The molecule has 156 valence electrons. The molecule has 3 N–H and O–H groups in total. The molecule has 0 aliphatic heterocycles. The Morgan fingerprint density at radius 1 is 1.10 bits per heavy atom. The Morgan fingerprint density at radius 3 is 2.65 bits per heavy atom. The van der Waals surface area contributed by atoms with Crippen LogP contribution in [0.4, 0.5) is 5.82 Å². The van der Waals surface area contributed by atoms with E-state index in [0.717, 1.165) is 29.3 Å². The molecular weight excluding hydrogens is 390 g/mol. The number of nitrogens with two attached hydrogens (primary N) is 1. The molecule has 1 amide bonds. The fourth-order valence-corrected chi connectivity index (χ4v) is 3.76. The van der Waals surface area contributed by atoms with Gasteiger partial charge in [-0.25, -0.2) is 4.68 Å². The summed E-state index contributed by atoms with van der Waals surface area (Å²) in [5.41, 5.74) is 10.3. The summed E-state index contributed by atoms with van der Waals surface area (Å²) in [6.45, 7) is 1.92. The summed E-state index contributed by atoms with van der Waals surface area (Å²) in [6.07, 6.45) is 5.50. The highest BCUT2D eigenvalue weighted by Gasteiger charge is 2.24. The number of hydrogen-bond donors (Lipinski definition) is 2. The maximum absolute atomic E-state index is 13.2. The molecule has 2 aromatic heterocycles. The van der Waals surface area contributed by atoms with E-state index in [-0.39, 0.29) is 23.6 Å². The summed E-state index contributed by atoms with van der Waals surface area (Å²) in [4.78, 5) is 25.6. The van der Waals surface area contributed by atoms with Crippen LogP contribution in [0, 0.1) is 6.92 Å². The van der Waals surface area contributed by atoms with E-state index in [1.165, 1.54) is 10.9 Å². The predicted octanol–water partition coefficient (Wildman–Crippen LogP) is 3.38. The van der Waals surface area contributed by atoms with Gasteiger partial charge >= 0.3 is 0 Å². The second kappa shape index (κ2) is 7.12. The first kappa shape index (κ1) is 19.1. The van der Waals surface area contributed by atoms with Crippen LogP contribution in [0.1, 0.15) is 44.7 Å². The summed E-state index contributed by atoms with van der Waals surface area (Å²) >= 11 is 0. The van der Waals surface area contributed by atoms with Gasteiger partial charge in [0.15, 0.2) is 5.78 Å². The molecule has 4 aromatic rings. The van der Waals surface area contributed by atoms with Gasteiger partial charge in [-0.2, -0.15) is 5.10 Å². The molecule has 0 radical (unpaired) electrons. The van der Waals surface area contributed by atoms with Crippen molar-refractivity contribution in [3.05, 3.63) is 77.1 Å². The van der Waals surface area contributed by atoms with E-state index in [1.54, 1.807) is 18.2 Å². The third-order valence-electron chi connectivity index (χ3n) is 5.81. The van der Waals surface area contributed by atoms with Crippen molar-refractivity contribution in [2.45, 2.75) is 25.8 Å². The Bertz CT molecular complexity index is 1340. The van der Waals surface area contributed by atoms with Crippen LogP contribution in [0.25, 0.3) is 16.6 Å². The fourth-order valence-electron chi connectivity index (χ4n) is 3.76. The second-order valence-corrected chi connectivity index (χ2v) is 8.13. The first-order valence-electron chi connectivity index (χ1n) is 10.3. The van der Waals surface area contributed by atoms with Crippen LogP contribution in [0.5, 0.6) is 0 Å². The highest BCUT2D eigenvalue weighted by molar-refractivity contribution is 6.13. The van der Waals surface area contributed by atoms with Gasteiger partial charge in [0.05, 0.1) is 17.4 Å². The smallest absolute Gasteiger partial charge is 0.251 e. The van der Waals surface area contributed by atoms with E-state index in [9.17, 15) is 9.59 Å². The van der Waals surface area contributed by atoms with E-state index in [1.807, 2.05) is 49.0 Å². The highest BCUT2D eigenvalue weighted by atomic mass is 16.1. The second-order valence-electron chi connectivity index (χ2n) is 8.13. The lowest BCUT2D eigenvalue weighted by molar-refractivity contribution is 0.0950. The third-order valence-corrected chi connectivity index (χ3v) is 5.81. The van der Waals surface area contributed by atoms with Crippen LogP contribution >= 0.6 is 0 Å². The van der Waals surface area contributed by atoms with Gasteiger partial charge in [-0.05, 0) is 55.0 Å². The van der Waals surface area contributed by atoms with Crippen molar-refractivity contribution >= 4 is 28.4 Å². The van der Waals surface area contributed by atoms with Gasteiger partial charge in [0.2, 0.25) is 0 Å². The average Bonchev–Trinajstić information content (AvgIpc) is 3.39. The standard InChI is InChI=1S/C24H23N5O2/c1-14-3-4-17(24(31)27-18-7-8-18)12-20(14)29-23(25)19(13-26-29)22(30)16-6-5-15-9-10-28(2)21(15)11-16/h3-6,9-13,18H,7-8,25H2,1-2H3,(H,27,31). The maximum Gasteiger partial charge on any atom is 0.251 e. The first-order chi connectivity index (χ1) is 14.9. The Kier molecular flexibility index (Phi) is 4.39. The number of nitrogens with one attached hydrogen (secondary N) is 1. The summed E-state index contributed by atoms with van der Waals surface area (Å²) in [5, 5.41) is 8.43. The number of aromatic nitrogens is 3. The van der Waals surface area contributed by atoms with Gasteiger partial charge in [-0.3, -0.25) is 9.59 Å². The number of anilines is 1. The largest absolute Gasteiger partial charge is 0.383 e. The molecule has 0 bridgehead atoms. The normalized spacial score (nSPS) is 13.5. The summed E-state index contributed by atoms with van der Waals surface area (Å²) in [5.74, 6) is -0.0476. The number of carbonyl (C=O) groups excluding carboxylic acids is 2. The zero-order chi connectivity index (χ0) is 21.7. The van der Waals surface area contributed by atoms with Gasteiger partial charge in [0.1, 0.15) is 5.82 Å². The number of aryl methyl sites for hydroxylation is 2. The lowest BCUT2D eigenvalue weighted by Crippen LogP contribution is -2.25. The quantitative estimate of drug-likeness (QED) is 0.491. The van der Waals surface area contributed by atoms with Crippen molar-refractivity contribution in [1.82, 2.24) is 19.7 Å². The Labute approximate surface area is 179 Å². The van der Waals surface area contributed by atoms with Crippen LogP contribution in [0.3, 0.4) is 0 Å². The number of nitrogens with zero attached hydrogens (tertiary/aromatic N) is 3. The lowest BCUT2D eigenvalue weighted by atomic mass is 10.0. The molecule has 0 unspecified atom stereocenters. The zero-order valence-corrected chi connectivity index (χ0v) is 17.4. The van der Waals surface area contributed by atoms with E-state index < -0.39 is 0 Å². The van der Waals surface area contributed by atoms with E-state index in [0.29, 0.717) is 22.4 Å². The SMILES string of the molecule is Cc1ccc(C(=O)NC2CC2)cc1-n1ncc(C(=O)c2ccc3ccn(C)c3c2)c1N. The van der Waals surface area contributed by atoms with E-state index in [2.05, 4.69) is 10.4 Å². The van der Waals surface area contributed by atoms with E-state index >= 15 is 0 Å². The molecule has 5 rings (SSSR count). The number of rotatable bonds is 5. The van der Waals surface area contributed by atoms with Crippen LogP contribution in [-0.4, -0.2) is 32.1 Å². The molecule has 0 spiro atoms. The van der Waals surface area contributed by atoms with Gasteiger partial charge in [0, 0.05) is 35.9 Å². The number of ketones is 1. The molecule has 7 nitrogen and oxygen atoms in total. The van der Waals surface area contributed by atoms with Crippen LogP contribution in [0.2, 0.25) is 0 Å². The lowest BCUT2D eigenvalue weighted by Gasteiger charge is -2.11. The number of amides is 1. The molecule has 2 heterocycles. The molecule has 7 heteroatoms. The minimum Gasteiger partial charge on any atom is -0.383 e. The van der Waals surface area contributed by atoms with Gasteiger partial charge < -0.3 is 15.6 Å². The van der Waals surface area contributed by atoms with Gasteiger partial charge in [-0.1, -0.05) is 18.2 Å². The highest BCUT2D eigenvalue weighted by Crippen LogP contribution is 2.26. The van der Waals surface area contributed by atoms with E-state index in [4.69, 9.17) is 5.73 Å². The van der Waals surface area contributed by atoms with Crippen molar-refractivity contribution < 1.29 is 9.59 Å². The van der Waals surface area contributed by atoms with Crippen LogP contribution in [0.15, 0.2) is 54.9 Å². The maximum atomic E-state index is 13.2.